The van der Waals surface area contributed by atoms with E-state index in [4.69, 9.17) is 10.2 Å². The van der Waals surface area contributed by atoms with E-state index in [2.05, 4.69) is 0 Å². The molecule has 8 nitrogen and oxygen atoms in total. The maximum Gasteiger partial charge on any atom is 0.407 e. The average Bonchev–Trinajstić information content (AvgIpc) is 2.50. The summed E-state index contributed by atoms with van der Waals surface area (Å²) < 4.78 is 0. The van der Waals surface area contributed by atoms with E-state index in [1.807, 2.05) is 4.90 Å². The molecule has 1 amide bonds. The smallest absolute Gasteiger partial charge is 0.407 e. The zero-order valence-electron chi connectivity index (χ0n) is 11.8. The van der Waals surface area contributed by atoms with Crippen molar-refractivity contribution in [1.29, 1.82) is 0 Å². The van der Waals surface area contributed by atoms with Gasteiger partial charge in [-0.05, 0) is 6.07 Å². The molecule has 2 rings (SSSR count). The number of fused-ring (bicyclic) bond motifs is 1. The third kappa shape index (κ3) is 3.80. The standard InChI is InChI=1S/C13H17N3O5S/c17-7-5-15(13(18)19)4-3-14-6-8-22-12-9-10(16(20)21)1-2-11(12)14/h1-2,9,17H,3-8H2,(H,18,19). The number of aliphatic hydroxyl groups excluding tert-OH is 1. The van der Waals surface area contributed by atoms with Crippen LogP contribution in [0, 0.1) is 10.1 Å². The van der Waals surface area contributed by atoms with E-state index in [1.54, 1.807) is 23.9 Å². The van der Waals surface area contributed by atoms with Gasteiger partial charge in [-0.1, -0.05) is 0 Å². The summed E-state index contributed by atoms with van der Waals surface area (Å²) in [6, 6.07) is 4.71. The largest absolute Gasteiger partial charge is 0.465 e. The van der Waals surface area contributed by atoms with Crippen molar-refractivity contribution >= 4 is 29.2 Å². The van der Waals surface area contributed by atoms with E-state index in [-0.39, 0.29) is 25.4 Å². The molecular weight excluding hydrogens is 310 g/mol. The van der Waals surface area contributed by atoms with Crippen LogP contribution in [0.25, 0.3) is 0 Å². The van der Waals surface area contributed by atoms with Crippen LogP contribution >= 0.6 is 11.8 Å². The number of nitro groups is 1. The van der Waals surface area contributed by atoms with Crippen LogP contribution in [0.5, 0.6) is 0 Å². The molecule has 0 spiro atoms. The number of nitro benzene ring substituents is 1. The van der Waals surface area contributed by atoms with Crippen molar-refractivity contribution in [2.45, 2.75) is 4.90 Å². The molecule has 0 saturated carbocycles. The molecule has 0 atom stereocenters. The lowest BCUT2D eigenvalue weighted by Gasteiger charge is -2.32. The van der Waals surface area contributed by atoms with Gasteiger partial charge in [0.15, 0.2) is 0 Å². The Morgan fingerprint density at radius 3 is 2.86 bits per heavy atom. The lowest BCUT2D eigenvalue weighted by atomic mass is 10.2. The summed E-state index contributed by atoms with van der Waals surface area (Å²) >= 11 is 1.56. The summed E-state index contributed by atoms with van der Waals surface area (Å²) in [6.07, 6.45) is -1.07. The van der Waals surface area contributed by atoms with Gasteiger partial charge in [0.1, 0.15) is 0 Å². The van der Waals surface area contributed by atoms with Gasteiger partial charge in [-0.3, -0.25) is 10.1 Å². The molecule has 0 aromatic heterocycles. The van der Waals surface area contributed by atoms with Gasteiger partial charge in [0.25, 0.3) is 5.69 Å². The number of benzene rings is 1. The third-order valence-corrected chi connectivity index (χ3v) is 4.42. The molecule has 0 aliphatic carbocycles. The number of non-ortho nitro benzene ring substituents is 1. The number of thioether (sulfide) groups is 1. The second kappa shape index (κ2) is 7.32. The quantitative estimate of drug-likeness (QED) is 0.602. The SMILES string of the molecule is O=C(O)N(CCO)CCN1CCSc2cc([N+](=O)[O-])ccc21. The Hall–Kier alpha value is -2.00. The lowest BCUT2D eigenvalue weighted by Crippen LogP contribution is -2.41. The number of carbonyl (C=O) groups is 1. The van der Waals surface area contributed by atoms with Gasteiger partial charge in [0, 0.05) is 49.0 Å². The second-order valence-electron chi connectivity index (χ2n) is 4.74. The van der Waals surface area contributed by atoms with Gasteiger partial charge >= 0.3 is 6.09 Å². The number of rotatable bonds is 6. The zero-order valence-corrected chi connectivity index (χ0v) is 12.7. The Kier molecular flexibility index (Phi) is 5.45. The minimum absolute atomic E-state index is 0.0561. The Labute approximate surface area is 131 Å². The average molecular weight is 327 g/mol. The molecule has 0 unspecified atom stereocenters. The molecule has 1 aliphatic rings. The number of anilines is 1. The highest BCUT2D eigenvalue weighted by atomic mass is 32.2. The van der Waals surface area contributed by atoms with Crippen LogP contribution in [0.15, 0.2) is 23.1 Å². The maximum absolute atomic E-state index is 11.0. The first-order valence-corrected chi connectivity index (χ1v) is 7.76. The number of hydrogen-bond donors (Lipinski definition) is 2. The van der Waals surface area contributed by atoms with Gasteiger partial charge in [0.2, 0.25) is 0 Å². The van der Waals surface area contributed by atoms with E-state index >= 15 is 0 Å². The van der Waals surface area contributed by atoms with Crippen molar-refractivity contribution in [2.75, 3.05) is 43.4 Å². The van der Waals surface area contributed by atoms with Crippen LogP contribution < -0.4 is 4.90 Å². The summed E-state index contributed by atoms with van der Waals surface area (Å²) in [5, 5.41) is 28.7. The summed E-state index contributed by atoms with van der Waals surface area (Å²) in [5.41, 5.74) is 0.941. The maximum atomic E-state index is 11.0. The third-order valence-electron chi connectivity index (χ3n) is 3.39. The summed E-state index contributed by atoms with van der Waals surface area (Å²) in [7, 11) is 0. The molecule has 1 aromatic carbocycles. The Bertz CT molecular complexity index is 569. The highest BCUT2D eigenvalue weighted by Gasteiger charge is 2.21. The van der Waals surface area contributed by atoms with Crippen LogP contribution in [0.1, 0.15) is 0 Å². The van der Waals surface area contributed by atoms with E-state index in [9.17, 15) is 14.9 Å². The number of amides is 1. The molecule has 0 radical (unpaired) electrons. The van der Waals surface area contributed by atoms with E-state index in [0.29, 0.717) is 6.54 Å². The number of aliphatic hydroxyl groups is 1. The molecule has 120 valence electrons. The lowest BCUT2D eigenvalue weighted by molar-refractivity contribution is -0.385. The van der Waals surface area contributed by atoms with Gasteiger partial charge in [-0.15, -0.1) is 11.8 Å². The van der Waals surface area contributed by atoms with Crippen molar-refractivity contribution in [3.8, 4) is 0 Å². The van der Waals surface area contributed by atoms with Crippen molar-refractivity contribution in [3.05, 3.63) is 28.3 Å². The molecule has 0 bridgehead atoms. The number of carboxylic acid groups (broad SMARTS) is 1. The topological polar surface area (TPSA) is 107 Å². The van der Waals surface area contributed by atoms with Crippen molar-refractivity contribution in [2.24, 2.45) is 0 Å². The van der Waals surface area contributed by atoms with Gasteiger partial charge < -0.3 is 20.0 Å². The first kappa shape index (κ1) is 16.4. The molecule has 0 saturated heterocycles. The van der Waals surface area contributed by atoms with E-state index < -0.39 is 11.0 Å². The molecule has 0 fully saturated rings. The molecule has 1 aromatic rings. The minimum Gasteiger partial charge on any atom is -0.465 e. The normalized spacial score (nSPS) is 13.6. The Balaban J connectivity index is 2.08. The van der Waals surface area contributed by atoms with Gasteiger partial charge in [0.05, 0.1) is 17.2 Å². The van der Waals surface area contributed by atoms with Crippen molar-refractivity contribution in [1.82, 2.24) is 4.90 Å². The molecule has 22 heavy (non-hydrogen) atoms. The molecule has 9 heteroatoms. The number of nitrogens with zero attached hydrogens (tertiary/aromatic N) is 3. The summed E-state index contributed by atoms with van der Waals surface area (Å²) in [5.74, 6) is 0.793. The van der Waals surface area contributed by atoms with Crippen molar-refractivity contribution in [3.63, 3.8) is 0 Å². The fourth-order valence-electron chi connectivity index (χ4n) is 2.28. The number of hydrogen-bond acceptors (Lipinski definition) is 6. The van der Waals surface area contributed by atoms with Gasteiger partial charge in [-0.25, -0.2) is 4.79 Å². The fourth-order valence-corrected chi connectivity index (χ4v) is 3.36. The van der Waals surface area contributed by atoms with E-state index in [0.717, 1.165) is 27.8 Å². The van der Waals surface area contributed by atoms with Crippen molar-refractivity contribution < 1.29 is 19.9 Å². The zero-order chi connectivity index (χ0) is 16.1. The summed E-state index contributed by atoms with van der Waals surface area (Å²) in [6.45, 7) is 1.37. The Morgan fingerprint density at radius 1 is 1.45 bits per heavy atom. The van der Waals surface area contributed by atoms with Crippen LogP contribution in [0.4, 0.5) is 16.2 Å². The highest BCUT2D eigenvalue weighted by molar-refractivity contribution is 7.99. The van der Waals surface area contributed by atoms with Gasteiger partial charge in [-0.2, -0.15) is 0 Å². The van der Waals surface area contributed by atoms with Crippen LogP contribution in [0.3, 0.4) is 0 Å². The molecule has 1 heterocycles. The minimum atomic E-state index is -1.07. The first-order chi connectivity index (χ1) is 10.5. The molecular formula is C13H17N3O5S. The molecule has 2 N–H and O–H groups in total. The Morgan fingerprint density at radius 2 is 2.23 bits per heavy atom. The highest BCUT2D eigenvalue weighted by Crippen LogP contribution is 2.36. The summed E-state index contributed by atoms with van der Waals surface area (Å²) in [4.78, 5) is 25.5. The van der Waals surface area contributed by atoms with Crippen LogP contribution in [-0.2, 0) is 0 Å². The first-order valence-electron chi connectivity index (χ1n) is 6.78. The van der Waals surface area contributed by atoms with Crippen LogP contribution in [0.2, 0.25) is 0 Å². The van der Waals surface area contributed by atoms with Crippen LogP contribution in [-0.4, -0.2) is 64.7 Å². The predicted octanol–water partition coefficient (Wildman–Crippen LogP) is 1.48. The monoisotopic (exact) mass is 327 g/mol. The predicted molar refractivity (Wildman–Crippen MR) is 82.7 cm³/mol. The van der Waals surface area contributed by atoms with E-state index in [1.165, 1.54) is 6.07 Å². The second-order valence-corrected chi connectivity index (χ2v) is 5.87. The fraction of sp³-hybridized carbons (Fsp3) is 0.462. The molecule has 1 aliphatic heterocycles.